The van der Waals surface area contributed by atoms with E-state index in [1.54, 1.807) is 0 Å². The first-order valence-electron chi connectivity index (χ1n) is 6.61. The van der Waals surface area contributed by atoms with E-state index in [1.807, 2.05) is 4.90 Å². The molecule has 0 radical (unpaired) electrons. The topological polar surface area (TPSA) is 20.3 Å². The SMILES string of the molecule is CCCC(CCC)C(=O)N1CCCC(Cl)C1. The van der Waals surface area contributed by atoms with Crippen LogP contribution in [0.25, 0.3) is 0 Å². The third-order valence-corrected chi connectivity index (χ3v) is 3.66. The maximum absolute atomic E-state index is 12.3. The van der Waals surface area contributed by atoms with Crippen LogP contribution in [0.4, 0.5) is 0 Å². The smallest absolute Gasteiger partial charge is 0.225 e. The first-order valence-corrected chi connectivity index (χ1v) is 7.05. The highest BCUT2D eigenvalue weighted by atomic mass is 35.5. The van der Waals surface area contributed by atoms with Crippen molar-refractivity contribution in [3.8, 4) is 0 Å². The summed E-state index contributed by atoms with van der Waals surface area (Å²) in [7, 11) is 0. The molecule has 1 aliphatic heterocycles. The summed E-state index contributed by atoms with van der Waals surface area (Å²) in [5.41, 5.74) is 0. The van der Waals surface area contributed by atoms with Crippen LogP contribution < -0.4 is 0 Å². The van der Waals surface area contributed by atoms with Crippen LogP contribution in [0, 0.1) is 5.92 Å². The van der Waals surface area contributed by atoms with Crippen LogP contribution in [-0.2, 0) is 4.79 Å². The molecule has 1 amide bonds. The quantitative estimate of drug-likeness (QED) is 0.680. The monoisotopic (exact) mass is 245 g/mol. The van der Waals surface area contributed by atoms with Crippen LogP contribution in [-0.4, -0.2) is 29.3 Å². The lowest BCUT2D eigenvalue weighted by Crippen LogP contribution is -2.43. The second kappa shape index (κ2) is 7.16. The Kier molecular flexibility index (Phi) is 6.18. The average molecular weight is 246 g/mol. The van der Waals surface area contributed by atoms with Gasteiger partial charge in [0.15, 0.2) is 0 Å². The fraction of sp³-hybridized carbons (Fsp3) is 0.923. The summed E-state index contributed by atoms with van der Waals surface area (Å²) in [6.07, 6.45) is 6.35. The number of rotatable bonds is 5. The molecule has 0 aromatic heterocycles. The van der Waals surface area contributed by atoms with E-state index in [-0.39, 0.29) is 11.3 Å². The fourth-order valence-corrected chi connectivity index (χ4v) is 2.79. The molecule has 2 nitrogen and oxygen atoms in total. The van der Waals surface area contributed by atoms with Crippen molar-refractivity contribution in [1.29, 1.82) is 0 Å². The number of hydrogen-bond donors (Lipinski definition) is 0. The minimum atomic E-state index is 0.168. The molecule has 1 fully saturated rings. The van der Waals surface area contributed by atoms with Crippen molar-refractivity contribution in [2.45, 2.75) is 57.7 Å². The molecule has 0 bridgehead atoms. The normalized spacial score (nSPS) is 21.5. The zero-order valence-corrected chi connectivity index (χ0v) is 11.3. The summed E-state index contributed by atoms with van der Waals surface area (Å²) < 4.78 is 0. The molecule has 1 heterocycles. The zero-order valence-electron chi connectivity index (χ0n) is 10.5. The van der Waals surface area contributed by atoms with E-state index < -0.39 is 0 Å². The van der Waals surface area contributed by atoms with Gasteiger partial charge in [-0.25, -0.2) is 0 Å². The van der Waals surface area contributed by atoms with Gasteiger partial charge in [0.25, 0.3) is 0 Å². The molecule has 94 valence electrons. The molecule has 16 heavy (non-hydrogen) atoms. The molecule has 1 atom stereocenters. The van der Waals surface area contributed by atoms with Gasteiger partial charge in [-0.05, 0) is 25.7 Å². The third kappa shape index (κ3) is 3.97. The van der Waals surface area contributed by atoms with E-state index in [4.69, 9.17) is 11.6 Å². The van der Waals surface area contributed by atoms with Crippen LogP contribution >= 0.6 is 11.6 Å². The maximum Gasteiger partial charge on any atom is 0.225 e. The highest BCUT2D eigenvalue weighted by Gasteiger charge is 2.26. The first-order chi connectivity index (χ1) is 7.69. The number of alkyl halides is 1. The summed E-state index contributed by atoms with van der Waals surface area (Å²) >= 11 is 6.12. The molecular weight excluding hydrogens is 222 g/mol. The highest BCUT2D eigenvalue weighted by Crippen LogP contribution is 2.21. The Morgan fingerprint density at radius 1 is 1.38 bits per heavy atom. The largest absolute Gasteiger partial charge is 0.341 e. The molecule has 0 spiro atoms. The van der Waals surface area contributed by atoms with Crippen molar-refractivity contribution >= 4 is 17.5 Å². The lowest BCUT2D eigenvalue weighted by Gasteiger charge is -2.32. The van der Waals surface area contributed by atoms with E-state index in [9.17, 15) is 4.79 Å². The van der Waals surface area contributed by atoms with Crippen LogP contribution in [0.3, 0.4) is 0 Å². The number of likely N-dealkylation sites (tertiary alicyclic amines) is 1. The van der Waals surface area contributed by atoms with E-state index in [0.29, 0.717) is 5.91 Å². The number of piperidine rings is 1. The Balaban J connectivity index is 2.51. The third-order valence-electron chi connectivity index (χ3n) is 3.30. The molecule has 1 unspecified atom stereocenters. The zero-order chi connectivity index (χ0) is 12.0. The number of carbonyl (C=O) groups excluding carboxylic acids is 1. The number of halogens is 1. The van der Waals surface area contributed by atoms with Crippen molar-refractivity contribution in [2.75, 3.05) is 13.1 Å². The van der Waals surface area contributed by atoms with Gasteiger partial charge in [-0.3, -0.25) is 4.79 Å². The van der Waals surface area contributed by atoms with Gasteiger partial charge in [0.2, 0.25) is 5.91 Å². The predicted molar refractivity (Wildman–Crippen MR) is 68.8 cm³/mol. The van der Waals surface area contributed by atoms with Gasteiger partial charge < -0.3 is 4.90 Å². The van der Waals surface area contributed by atoms with Gasteiger partial charge in [-0.2, -0.15) is 0 Å². The van der Waals surface area contributed by atoms with E-state index >= 15 is 0 Å². The summed E-state index contributed by atoms with van der Waals surface area (Å²) in [5, 5.41) is 0.168. The fourth-order valence-electron chi connectivity index (χ4n) is 2.47. The second-order valence-electron chi connectivity index (χ2n) is 4.80. The van der Waals surface area contributed by atoms with Crippen molar-refractivity contribution < 1.29 is 4.79 Å². The summed E-state index contributed by atoms with van der Waals surface area (Å²) in [6, 6.07) is 0. The standard InChI is InChI=1S/C13H24ClNO/c1-3-6-11(7-4-2)13(16)15-9-5-8-12(14)10-15/h11-12H,3-10H2,1-2H3. The Labute approximate surface area is 104 Å². The van der Waals surface area contributed by atoms with Crippen LogP contribution in [0.15, 0.2) is 0 Å². The Bertz CT molecular complexity index is 207. The van der Waals surface area contributed by atoms with Crippen LogP contribution in [0.1, 0.15) is 52.4 Å². The Morgan fingerprint density at radius 3 is 2.50 bits per heavy atom. The maximum atomic E-state index is 12.3. The summed E-state index contributed by atoms with van der Waals surface area (Å²) in [6.45, 7) is 5.96. The van der Waals surface area contributed by atoms with Crippen LogP contribution in [0.2, 0.25) is 0 Å². The van der Waals surface area contributed by atoms with Gasteiger partial charge in [0.05, 0.1) is 5.38 Å². The molecule has 1 saturated heterocycles. The number of hydrogen-bond acceptors (Lipinski definition) is 1. The number of amides is 1. The number of nitrogens with zero attached hydrogens (tertiary/aromatic N) is 1. The van der Waals surface area contributed by atoms with Gasteiger partial charge >= 0.3 is 0 Å². The molecule has 0 N–H and O–H groups in total. The van der Waals surface area contributed by atoms with Gasteiger partial charge in [0, 0.05) is 19.0 Å². The lowest BCUT2D eigenvalue weighted by molar-refractivity contribution is -0.136. The summed E-state index contributed by atoms with van der Waals surface area (Å²) in [5.74, 6) is 0.575. The predicted octanol–water partition coefficient (Wildman–Crippen LogP) is 3.43. The Hall–Kier alpha value is -0.240. The molecule has 0 aromatic rings. The van der Waals surface area contributed by atoms with Gasteiger partial charge in [0.1, 0.15) is 0 Å². The van der Waals surface area contributed by atoms with Crippen molar-refractivity contribution in [2.24, 2.45) is 5.92 Å². The van der Waals surface area contributed by atoms with E-state index in [1.165, 1.54) is 0 Å². The summed E-state index contributed by atoms with van der Waals surface area (Å²) in [4.78, 5) is 14.3. The molecule has 1 aliphatic rings. The van der Waals surface area contributed by atoms with Crippen molar-refractivity contribution in [3.63, 3.8) is 0 Å². The van der Waals surface area contributed by atoms with Crippen molar-refractivity contribution in [3.05, 3.63) is 0 Å². The number of carbonyl (C=O) groups is 1. The van der Waals surface area contributed by atoms with Gasteiger partial charge in [-0.1, -0.05) is 26.7 Å². The molecule has 3 heteroatoms. The molecule has 0 aromatic carbocycles. The molecule has 1 rings (SSSR count). The second-order valence-corrected chi connectivity index (χ2v) is 5.42. The highest BCUT2D eigenvalue weighted by molar-refractivity contribution is 6.20. The van der Waals surface area contributed by atoms with E-state index in [0.717, 1.165) is 51.6 Å². The minimum Gasteiger partial charge on any atom is -0.341 e. The Morgan fingerprint density at radius 2 is 2.00 bits per heavy atom. The lowest BCUT2D eigenvalue weighted by atomic mass is 9.95. The van der Waals surface area contributed by atoms with Crippen LogP contribution in [0.5, 0.6) is 0 Å². The average Bonchev–Trinajstić information content (AvgIpc) is 2.28. The molecule has 0 saturated carbocycles. The van der Waals surface area contributed by atoms with Gasteiger partial charge in [-0.15, -0.1) is 11.6 Å². The van der Waals surface area contributed by atoms with Crippen molar-refractivity contribution in [1.82, 2.24) is 4.90 Å². The van der Waals surface area contributed by atoms with E-state index in [2.05, 4.69) is 13.8 Å². The first kappa shape index (κ1) is 13.8. The minimum absolute atomic E-state index is 0.168. The molecule has 0 aliphatic carbocycles. The molecular formula is C13H24ClNO.